The second-order valence-corrected chi connectivity index (χ2v) is 6.02. The van der Waals surface area contributed by atoms with Crippen molar-refractivity contribution in [2.45, 2.75) is 19.4 Å². The lowest BCUT2D eigenvalue weighted by molar-refractivity contribution is 0.146. The second kappa shape index (κ2) is 6.83. The van der Waals surface area contributed by atoms with Crippen LogP contribution in [0.1, 0.15) is 30.5 Å². The summed E-state index contributed by atoms with van der Waals surface area (Å²) in [6.45, 7) is 1.55. The van der Waals surface area contributed by atoms with Crippen LogP contribution in [0, 0.1) is 5.82 Å². The van der Waals surface area contributed by atoms with Gasteiger partial charge in [-0.15, -0.1) is 0 Å². The van der Waals surface area contributed by atoms with Crippen LogP contribution in [-0.4, -0.2) is 15.2 Å². The Morgan fingerprint density at radius 1 is 1.23 bits per heavy atom. The molecule has 0 aliphatic carbocycles. The molecule has 4 N–H and O–H groups in total. The molecule has 3 rings (SSSR count). The quantitative estimate of drug-likeness (QED) is 0.470. The third-order valence-corrected chi connectivity index (χ3v) is 4.05. The van der Waals surface area contributed by atoms with E-state index in [0.717, 1.165) is 6.07 Å². The van der Waals surface area contributed by atoms with E-state index in [-0.39, 0.29) is 27.6 Å². The molecule has 0 amide bonds. The molecule has 0 fully saturated rings. The van der Waals surface area contributed by atoms with Crippen LogP contribution in [0.3, 0.4) is 0 Å². The number of nitrogens with one attached hydrogen (secondary N) is 2. The van der Waals surface area contributed by atoms with Crippen molar-refractivity contribution in [3.63, 3.8) is 0 Å². The molecule has 2 heterocycles. The number of fused-ring (bicyclic) bond motifs is 1. The van der Waals surface area contributed by atoms with Gasteiger partial charge >= 0.3 is 0 Å². The van der Waals surface area contributed by atoms with Crippen LogP contribution in [0.5, 0.6) is 0 Å². The van der Waals surface area contributed by atoms with Crippen molar-refractivity contribution in [3.05, 3.63) is 56.8 Å². The smallest absolute Gasteiger partial charge is 0.273 e. The number of alkyl halides is 2. The van der Waals surface area contributed by atoms with Crippen LogP contribution < -0.4 is 16.6 Å². The molecule has 6 nitrogen and oxygen atoms in total. The number of anilines is 2. The van der Waals surface area contributed by atoms with Crippen molar-refractivity contribution in [1.82, 2.24) is 15.2 Å². The number of halogens is 4. The van der Waals surface area contributed by atoms with Gasteiger partial charge in [-0.25, -0.2) is 23.3 Å². The number of hydrogen-bond donors (Lipinski definition) is 3. The summed E-state index contributed by atoms with van der Waals surface area (Å²) in [5.41, 5.74) is 4.32. The molecule has 3 aromatic rings. The molecule has 0 aliphatic heterocycles. The monoisotopic (exact) mass is 383 g/mol. The first-order valence-corrected chi connectivity index (χ1v) is 7.83. The van der Waals surface area contributed by atoms with E-state index in [4.69, 9.17) is 17.3 Å². The predicted molar refractivity (Wildman–Crippen MR) is 93.0 cm³/mol. The van der Waals surface area contributed by atoms with E-state index in [1.54, 1.807) is 6.92 Å². The van der Waals surface area contributed by atoms with E-state index in [9.17, 15) is 18.0 Å². The number of benzene rings is 1. The first-order valence-electron chi connectivity index (χ1n) is 7.45. The highest BCUT2D eigenvalue weighted by Gasteiger charge is 2.22. The molecule has 10 heteroatoms. The zero-order chi connectivity index (χ0) is 19.0. The number of rotatable bonds is 4. The van der Waals surface area contributed by atoms with E-state index in [0.29, 0.717) is 5.39 Å². The zero-order valence-corrected chi connectivity index (χ0v) is 14.1. The normalized spacial score (nSPS) is 12.5. The van der Waals surface area contributed by atoms with Gasteiger partial charge in [-0.3, -0.25) is 4.79 Å². The Hall–Kier alpha value is -2.81. The molecule has 136 valence electrons. The number of nitrogen functional groups attached to an aromatic ring is 1. The van der Waals surface area contributed by atoms with Crippen LogP contribution in [0.2, 0.25) is 5.15 Å². The van der Waals surface area contributed by atoms with Crippen molar-refractivity contribution in [3.8, 4) is 0 Å². The summed E-state index contributed by atoms with van der Waals surface area (Å²) in [6.07, 6.45) is -1.72. The van der Waals surface area contributed by atoms with Crippen molar-refractivity contribution in [2.24, 2.45) is 0 Å². The van der Waals surface area contributed by atoms with E-state index in [2.05, 4.69) is 20.5 Å². The number of hydrogen-bond acceptors (Lipinski definition) is 5. The summed E-state index contributed by atoms with van der Waals surface area (Å²) >= 11 is 5.86. The van der Waals surface area contributed by atoms with Gasteiger partial charge in [0.05, 0.1) is 17.0 Å². The maximum atomic E-state index is 14.4. The van der Waals surface area contributed by atoms with Gasteiger partial charge in [0.25, 0.3) is 12.0 Å². The molecule has 2 aromatic heterocycles. The number of pyridine rings is 1. The molecule has 0 saturated carbocycles. The lowest BCUT2D eigenvalue weighted by Gasteiger charge is -2.18. The van der Waals surface area contributed by atoms with Gasteiger partial charge in [0.1, 0.15) is 11.0 Å². The number of aromatic nitrogens is 3. The largest absolute Gasteiger partial charge is 0.399 e. The molecule has 0 spiro atoms. The minimum atomic E-state index is -3.00. The van der Waals surface area contributed by atoms with Crippen molar-refractivity contribution in [2.75, 3.05) is 11.1 Å². The third-order valence-electron chi connectivity index (χ3n) is 3.85. The maximum absolute atomic E-state index is 14.4. The summed E-state index contributed by atoms with van der Waals surface area (Å²) in [5.74, 6) is -0.862. The molecule has 0 aliphatic rings. The van der Waals surface area contributed by atoms with Gasteiger partial charge < -0.3 is 11.1 Å². The first-order chi connectivity index (χ1) is 12.3. The van der Waals surface area contributed by atoms with Crippen LogP contribution >= 0.6 is 11.6 Å². The Labute approximate surface area is 150 Å². The Bertz CT molecular complexity index is 1040. The molecule has 26 heavy (non-hydrogen) atoms. The number of H-pyrrole nitrogens is 1. The molecule has 1 atom stereocenters. The lowest BCUT2D eigenvalue weighted by Crippen LogP contribution is -2.16. The SMILES string of the molecule is C[C@@H](Nc1n[nH]c(=O)c2cnc(Cl)cc12)c1cc(N)cc(C(F)F)c1F. The minimum Gasteiger partial charge on any atom is -0.399 e. The Morgan fingerprint density at radius 2 is 1.92 bits per heavy atom. The van der Waals surface area contributed by atoms with Crippen molar-refractivity contribution < 1.29 is 13.2 Å². The average molecular weight is 384 g/mol. The molecule has 0 unspecified atom stereocenters. The van der Waals surface area contributed by atoms with Gasteiger partial charge in [0.15, 0.2) is 5.82 Å². The van der Waals surface area contributed by atoms with Gasteiger partial charge in [0.2, 0.25) is 0 Å². The van der Waals surface area contributed by atoms with Gasteiger partial charge in [-0.1, -0.05) is 11.6 Å². The number of nitrogens with zero attached hydrogens (tertiary/aromatic N) is 2. The summed E-state index contributed by atoms with van der Waals surface area (Å²) in [4.78, 5) is 15.7. The van der Waals surface area contributed by atoms with E-state index < -0.39 is 29.4 Å². The maximum Gasteiger partial charge on any atom is 0.273 e. The highest BCUT2D eigenvalue weighted by Crippen LogP contribution is 2.32. The number of nitrogens with two attached hydrogens (primary N) is 1. The third kappa shape index (κ3) is 3.30. The van der Waals surface area contributed by atoms with Gasteiger partial charge in [-0.05, 0) is 25.1 Å². The fraction of sp³-hybridized carbons (Fsp3) is 0.188. The van der Waals surface area contributed by atoms with Gasteiger partial charge in [-0.2, -0.15) is 5.10 Å². The van der Waals surface area contributed by atoms with Crippen LogP contribution in [0.25, 0.3) is 10.8 Å². The summed E-state index contributed by atoms with van der Waals surface area (Å²) in [7, 11) is 0. The van der Waals surface area contributed by atoms with Crippen LogP contribution in [-0.2, 0) is 0 Å². The Balaban J connectivity index is 2.05. The molecular formula is C16H13ClF3N5O. The van der Waals surface area contributed by atoms with E-state index in [1.165, 1.54) is 18.3 Å². The van der Waals surface area contributed by atoms with E-state index in [1.807, 2.05) is 0 Å². The summed E-state index contributed by atoms with van der Waals surface area (Å²) < 4.78 is 40.4. The van der Waals surface area contributed by atoms with Crippen LogP contribution in [0.4, 0.5) is 24.7 Å². The van der Waals surface area contributed by atoms with Crippen LogP contribution in [0.15, 0.2) is 29.2 Å². The summed E-state index contributed by atoms with van der Waals surface area (Å²) in [5, 5.41) is 9.77. The molecule has 1 aromatic carbocycles. The second-order valence-electron chi connectivity index (χ2n) is 5.63. The molecular weight excluding hydrogens is 371 g/mol. The average Bonchev–Trinajstić information content (AvgIpc) is 2.58. The Kier molecular flexibility index (Phi) is 4.73. The molecule has 0 radical (unpaired) electrons. The highest BCUT2D eigenvalue weighted by atomic mass is 35.5. The van der Waals surface area contributed by atoms with Crippen molar-refractivity contribution >= 4 is 33.9 Å². The Morgan fingerprint density at radius 3 is 2.62 bits per heavy atom. The summed E-state index contributed by atoms with van der Waals surface area (Å²) in [6, 6.07) is 2.81. The lowest BCUT2D eigenvalue weighted by atomic mass is 10.0. The predicted octanol–water partition coefficient (Wildman–Crippen LogP) is 3.80. The first kappa shape index (κ1) is 18.0. The fourth-order valence-corrected chi connectivity index (χ4v) is 2.75. The fourth-order valence-electron chi connectivity index (χ4n) is 2.59. The van der Waals surface area contributed by atoms with Crippen molar-refractivity contribution in [1.29, 1.82) is 0 Å². The highest BCUT2D eigenvalue weighted by molar-refractivity contribution is 6.30. The molecule has 0 saturated heterocycles. The van der Waals surface area contributed by atoms with E-state index >= 15 is 0 Å². The van der Waals surface area contributed by atoms with Gasteiger partial charge in [0, 0.05) is 22.8 Å². The standard InChI is InChI=1S/C16H13ClF3N5O/c1-6(8-2-7(21)3-10(13(8)18)14(19)20)23-15-9-4-12(17)22-5-11(9)16(26)25-24-15/h2-6,14H,21H2,1H3,(H,23,24)(H,25,26)/t6-/m1/s1. The minimum absolute atomic E-state index is 0.0110. The number of aromatic amines is 1. The molecule has 0 bridgehead atoms. The zero-order valence-electron chi connectivity index (χ0n) is 13.4. The topological polar surface area (TPSA) is 96.7 Å².